The Balaban J connectivity index is 1.89. The van der Waals surface area contributed by atoms with E-state index in [2.05, 4.69) is 10.3 Å². The number of aliphatic hydroxyl groups is 1. The maximum atomic E-state index is 12.8. The first kappa shape index (κ1) is 22.0. The number of nitrogens with zero attached hydrogens (tertiary/aromatic N) is 2. The second-order valence-corrected chi connectivity index (χ2v) is 7.46. The first-order valence-corrected chi connectivity index (χ1v) is 9.91. The third-order valence-corrected chi connectivity index (χ3v) is 4.94. The molecule has 1 unspecified atom stereocenters. The standard InChI is InChI=1S/C22H26F3N3O2/c1-4-17(12-29)30-18-9-19(21-20(10-18)28(13-27-21)14(2)3)26-11-15-5-7-16(8-6-15)22(23,24)25/h5-10,13-14,17,26,29H,4,11-12H2,1-3H3. The lowest BCUT2D eigenvalue weighted by Gasteiger charge is -2.18. The number of ether oxygens (including phenoxy) is 1. The van der Waals surface area contributed by atoms with Gasteiger partial charge in [-0.3, -0.25) is 0 Å². The first-order chi connectivity index (χ1) is 14.2. The summed E-state index contributed by atoms with van der Waals surface area (Å²) < 4.78 is 46.2. The fourth-order valence-corrected chi connectivity index (χ4v) is 3.17. The van der Waals surface area contributed by atoms with Crippen molar-refractivity contribution in [1.82, 2.24) is 9.55 Å². The van der Waals surface area contributed by atoms with Gasteiger partial charge in [-0.15, -0.1) is 0 Å². The maximum absolute atomic E-state index is 12.8. The number of fused-ring (bicyclic) bond motifs is 1. The predicted molar refractivity (Wildman–Crippen MR) is 111 cm³/mol. The summed E-state index contributed by atoms with van der Waals surface area (Å²) in [7, 11) is 0. The molecule has 0 bridgehead atoms. The molecule has 2 N–H and O–H groups in total. The number of imidazole rings is 1. The summed E-state index contributed by atoms with van der Waals surface area (Å²) >= 11 is 0. The van der Waals surface area contributed by atoms with Gasteiger partial charge >= 0.3 is 6.18 Å². The van der Waals surface area contributed by atoms with Crippen LogP contribution in [0.2, 0.25) is 0 Å². The van der Waals surface area contributed by atoms with Crippen molar-refractivity contribution in [2.24, 2.45) is 0 Å². The predicted octanol–water partition coefficient (Wildman–Crippen LogP) is 5.40. The average Bonchev–Trinajstić information content (AvgIpc) is 3.14. The minimum atomic E-state index is -4.35. The van der Waals surface area contributed by atoms with Gasteiger partial charge in [-0.1, -0.05) is 19.1 Å². The van der Waals surface area contributed by atoms with Crippen molar-refractivity contribution in [2.45, 2.75) is 52.1 Å². The van der Waals surface area contributed by atoms with Crippen molar-refractivity contribution in [1.29, 1.82) is 0 Å². The highest BCUT2D eigenvalue weighted by atomic mass is 19.4. The van der Waals surface area contributed by atoms with Crippen LogP contribution in [-0.4, -0.2) is 27.4 Å². The molecule has 0 fully saturated rings. The highest BCUT2D eigenvalue weighted by Crippen LogP contribution is 2.32. The molecular formula is C22H26F3N3O2. The molecule has 0 amide bonds. The van der Waals surface area contributed by atoms with E-state index < -0.39 is 11.7 Å². The van der Waals surface area contributed by atoms with Gasteiger partial charge in [0.1, 0.15) is 17.4 Å². The molecule has 2 aromatic carbocycles. The molecule has 0 aliphatic carbocycles. The zero-order chi connectivity index (χ0) is 21.9. The lowest BCUT2D eigenvalue weighted by molar-refractivity contribution is -0.137. The molecule has 0 aliphatic heterocycles. The van der Waals surface area contributed by atoms with Crippen molar-refractivity contribution >= 4 is 16.7 Å². The quantitative estimate of drug-likeness (QED) is 0.511. The molecule has 0 radical (unpaired) electrons. The van der Waals surface area contributed by atoms with Gasteiger partial charge in [0.25, 0.3) is 0 Å². The maximum Gasteiger partial charge on any atom is 0.416 e. The Hall–Kier alpha value is -2.74. The van der Waals surface area contributed by atoms with Gasteiger partial charge < -0.3 is 19.7 Å². The molecular weight excluding hydrogens is 395 g/mol. The van der Waals surface area contributed by atoms with Crippen molar-refractivity contribution in [3.63, 3.8) is 0 Å². The summed E-state index contributed by atoms with van der Waals surface area (Å²) in [5, 5.41) is 12.7. The first-order valence-electron chi connectivity index (χ1n) is 9.91. The summed E-state index contributed by atoms with van der Waals surface area (Å²) in [6, 6.07) is 8.96. The van der Waals surface area contributed by atoms with E-state index in [0.717, 1.165) is 28.9 Å². The molecule has 0 saturated carbocycles. The van der Waals surface area contributed by atoms with E-state index in [1.807, 2.05) is 37.5 Å². The Morgan fingerprint density at radius 3 is 2.43 bits per heavy atom. The second-order valence-electron chi connectivity index (χ2n) is 7.46. The third-order valence-electron chi connectivity index (χ3n) is 4.94. The Morgan fingerprint density at radius 2 is 1.87 bits per heavy atom. The van der Waals surface area contributed by atoms with E-state index in [9.17, 15) is 18.3 Å². The monoisotopic (exact) mass is 421 g/mol. The van der Waals surface area contributed by atoms with Crippen LogP contribution in [-0.2, 0) is 12.7 Å². The summed E-state index contributed by atoms with van der Waals surface area (Å²) in [6.45, 7) is 6.27. The molecule has 1 atom stereocenters. The Kier molecular flexibility index (Phi) is 6.55. The largest absolute Gasteiger partial charge is 0.488 e. The smallest absolute Gasteiger partial charge is 0.416 e. The van der Waals surface area contributed by atoms with Crippen LogP contribution in [0.5, 0.6) is 5.75 Å². The highest BCUT2D eigenvalue weighted by molar-refractivity contribution is 5.90. The number of rotatable bonds is 8. The zero-order valence-corrected chi connectivity index (χ0v) is 17.2. The third kappa shape index (κ3) is 4.87. The van der Waals surface area contributed by atoms with E-state index in [1.165, 1.54) is 12.1 Å². The molecule has 5 nitrogen and oxygen atoms in total. The minimum Gasteiger partial charge on any atom is -0.488 e. The average molecular weight is 421 g/mol. The van der Waals surface area contributed by atoms with Crippen LogP contribution in [0.25, 0.3) is 11.0 Å². The molecule has 1 heterocycles. The molecule has 30 heavy (non-hydrogen) atoms. The van der Waals surface area contributed by atoms with Gasteiger partial charge in [0.2, 0.25) is 0 Å². The Labute approximate surface area is 173 Å². The number of anilines is 1. The number of alkyl halides is 3. The molecule has 8 heteroatoms. The SMILES string of the molecule is CCC(CO)Oc1cc(NCc2ccc(C(F)(F)F)cc2)c2ncn(C(C)C)c2c1. The number of hydrogen-bond donors (Lipinski definition) is 2. The normalized spacial score (nSPS) is 13.1. The van der Waals surface area contributed by atoms with Crippen LogP contribution in [0, 0.1) is 0 Å². The van der Waals surface area contributed by atoms with Gasteiger partial charge in [0.15, 0.2) is 0 Å². The Morgan fingerprint density at radius 1 is 1.17 bits per heavy atom. The fourth-order valence-electron chi connectivity index (χ4n) is 3.17. The van der Waals surface area contributed by atoms with Gasteiger partial charge in [-0.2, -0.15) is 13.2 Å². The topological polar surface area (TPSA) is 59.3 Å². The summed E-state index contributed by atoms with van der Waals surface area (Å²) in [5.74, 6) is 0.598. The van der Waals surface area contributed by atoms with Gasteiger partial charge in [0.05, 0.1) is 29.7 Å². The number of hydrogen-bond acceptors (Lipinski definition) is 4. The molecule has 3 rings (SSSR count). The van der Waals surface area contributed by atoms with Crippen LogP contribution in [0.3, 0.4) is 0 Å². The van der Waals surface area contributed by atoms with Gasteiger partial charge in [-0.05, 0) is 38.0 Å². The lowest BCUT2D eigenvalue weighted by atomic mass is 10.1. The minimum absolute atomic E-state index is 0.0910. The summed E-state index contributed by atoms with van der Waals surface area (Å²) in [4.78, 5) is 4.51. The van der Waals surface area contributed by atoms with Crippen LogP contribution in [0.1, 0.15) is 44.4 Å². The van der Waals surface area contributed by atoms with E-state index in [0.29, 0.717) is 24.3 Å². The van der Waals surface area contributed by atoms with E-state index in [1.54, 1.807) is 6.33 Å². The van der Waals surface area contributed by atoms with Crippen molar-refractivity contribution in [3.8, 4) is 5.75 Å². The summed E-state index contributed by atoms with van der Waals surface area (Å²) in [5.41, 5.74) is 2.39. The van der Waals surface area contributed by atoms with Crippen molar-refractivity contribution in [3.05, 3.63) is 53.9 Å². The van der Waals surface area contributed by atoms with Gasteiger partial charge in [0, 0.05) is 24.7 Å². The highest BCUT2D eigenvalue weighted by Gasteiger charge is 2.29. The van der Waals surface area contributed by atoms with E-state index >= 15 is 0 Å². The van der Waals surface area contributed by atoms with Crippen molar-refractivity contribution in [2.75, 3.05) is 11.9 Å². The molecule has 3 aromatic rings. The number of aliphatic hydroxyl groups excluding tert-OH is 1. The van der Waals surface area contributed by atoms with Crippen molar-refractivity contribution < 1.29 is 23.0 Å². The molecule has 162 valence electrons. The molecule has 0 saturated heterocycles. The van der Waals surface area contributed by atoms with Gasteiger partial charge in [-0.25, -0.2) is 4.98 Å². The molecule has 0 spiro atoms. The van der Waals surface area contributed by atoms with Crippen LogP contribution in [0.4, 0.5) is 18.9 Å². The number of halogens is 3. The van der Waals surface area contributed by atoms with Crippen LogP contribution >= 0.6 is 0 Å². The van der Waals surface area contributed by atoms with Crippen LogP contribution < -0.4 is 10.1 Å². The lowest BCUT2D eigenvalue weighted by Crippen LogP contribution is -2.19. The fraction of sp³-hybridized carbons (Fsp3) is 0.409. The number of aromatic nitrogens is 2. The van der Waals surface area contributed by atoms with Crippen LogP contribution in [0.15, 0.2) is 42.7 Å². The second kappa shape index (κ2) is 8.95. The Bertz CT molecular complexity index is 978. The summed E-state index contributed by atoms with van der Waals surface area (Å²) in [6.07, 6.45) is -2.26. The number of benzene rings is 2. The van der Waals surface area contributed by atoms with E-state index in [4.69, 9.17) is 4.74 Å². The van der Waals surface area contributed by atoms with E-state index in [-0.39, 0.29) is 18.8 Å². The zero-order valence-electron chi connectivity index (χ0n) is 17.2. The molecule has 0 aliphatic rings. The molecule has 1 aromatic heterocycles. The number of nitrogens with one attached hydrogen (secondary N) is 1.